The van der Waals surface area contributed by atoms with Crippen molar-refractivity contribution in [3.05, 3.63) is 58.2 Å². The van der Waals surface area contributed by atoms with Crippen LogP contribution >= 0.6 is 11.6 Å². The second-order valence-corrected chi connectivity index (χ2v) is 4.97. The summed E-state index contributed by atoms with van der Waals surface area (Å²) in [6, 6.07) is 10.6. The van der Waals surface area contributed by atoms with Crippen LogP contribution in [-0.4, -0.2) is 22.8 Å². The van der Waals surface area contributed by atoms with E-state index in [1.165, 1.54) is 17.2 Å². The van der Waals surface area contributed by atoms with Crippen LogP contribution in [-0.2, 0) is 6.54 Å². The summed E-state index contributed by atoms with van der Waals surface area (Å²) in [6.07, 6.45) is 1.36. The summed E-state index contributed by atoms with van der Waals surface area (Å²) >= 11 is 5.98. The maximum absolute atomic E-state index is 12.4. The van der Waals surface area contributed by atoms with E-state index in [1.807, 2.05) is 6.07 Å². The maximum atomic E-state index is 12.4. The number of nitrogens with two attached hydrogens (primary N) is 1. The number of amides is 1. The van der Waals surface area contributed by atoms with Gasteiger partial charge in [0.25, 0.3) is 5.91 Å². The van der Waals surface area contributed by atoms with Gasteiger partial charge in [0.15, 0.2) is 0 Å². The van der Waals surface area contributed by atoms with Crippen LogP contribution in [0.2, 0.25) is 5.02 Å². The SMILES string of the molecule is CN(Cc1cccc(C#N)c1)C(=O)c1cc(N)ncc1Cl. The van der Waals surface area contributed by atoms with E-state index in [4.69, 9.17) is 22.6 Å². The van der Waals surface area contributed by atoms with Crippen LogP contribution in [0.5, 0.6) is 0 Å². The Labute approximate surface area is 127 Å². The minimum absolute atomic E-state index is 0.239. The molecule has 6 heteroatoms. The Bertz CT molecular complexity index is 724. The van der Waals surface area contributed by atoms with E-state index < -0.39 is 0 Å². The van der Waals surface area contributed by atoms with E-state index in [1.54, 1.807) is 25.2 Å². The molecule has 0 aliphatic carbocycles. The number of hydrogen-bond acceptors (Lipinski definition) is 4. The molecular weight excluding hydrogens is 288 g/mol. The molecule has 0 unspecified atom stereocenters. The molecule has 2 rings (SSSR count). The lowest BCUT2D eigenvalue weighted by molar-refractivity contribution is 0.0785. The number of nitrogen functional groups attached to an aromatic ring is 1. The molecule has 1 heterocycles. The van der Waals surface area contributed by atoms with Crippen molar-refractivity contribution < 1.29 is 4.79 Å². The molecule has 0 saturated carbocycles. The lowest BCUT2D eigenvalue weighted by atomic mass is 10.1. The summed E-state index contributed by atoms with van der Waals surface area (Å²) < 4.78 is 0. The summed E-state index contributed by atoms with van der Waals surface area (Å²) in [7, 11) is 1.66. The number of carbonyl (C=O) groups is 1. The van der Waals surface area contributed by atoms with Crippen molar-refractivity contribution in [1.82, 2.24) is 9.88 Å². The molecule has 106 valence electrons. The molecule has 0 spiro atoms. The van der Waals surface area contributed by atoms with Crippen LogP contribution in [0.1, 0.15) is 21.5 Å². The molecule has 0 aliphatic heterocycles. The Balaban J connectivity index is 2.19. The van der Waals surface area contributed by atoms with Gasteiger partial charge in [-0.1, -0.05) is 23.7 Å². The lowest BCUT2D eigenvalue weighted by Crippen LogP contribution is -2.26. The highest BCUT2D eigenvalue weighted by Gasteiger charge is 2.16. The van der Waals surface area contributed by atoms with Gasteiger partial charge in [-0.3, -0.25) is 4.79 Å². The number of rotatable bonds is 3. The van der Waals surface area contributed by atoms with E-state index in [9.17, 15) is 4.79 Å². The summed E-state index contributed by atoms with van der Waals surface area (Å²) in [6.45, 7) is 0.368. The van der Waals surface area contributed by atoms with Gasteiger partial charge in [-0.2, -0.15) is 5.26 Å². The Morgan fingerprint density at radius 1 is 1.48 bits per heavy atom. The van der Waals surface area contributed by atoms with Crippen molar-refractivity contribution in [2.45, 2.75) is 6.54 Å². The predicted octanol–water partition coefficient (Wildman–Crippen LogP) is 2.46. The number of carbonyl (C=O) groups excluding carboxylic acids is 1. The van der Waals surface area contributed by atoms with Gasteiger partial charge in [-0.25, -0.2) is 4.98 Å². The van der Waals surface area contributed by atoms with E-state index in [0.717, 1.165) is 5.56 Å². The van der Waals surface area contributed by atoms with Crippen molar-refractivity contribution in [3.8, 4) is 6.07 Å². The number of halogens is 1. The molecule has 5 nitrogen and oxygen atoms in total. The zero-order valence-corrected chi connectivity index (χ0v) is 12.1. The molecule has 0 atom stereocenters. The number of benzene rings is 1. The average Bonchev–Trinajstić information content (AvgIpc) is 2.49. The molecule has 1 amide bonds. The fourth-order valence-corrected chi connectivity index (χ4v) is 2.09. The second-order valence-electron chi connectivity index (χ2n) is 4.56. The number of nitriles is 1. The van der Waals surface area contributed by atoms with Crippen LogP contribution in [0, 0.1) is 11.3 Å². The Kier molecular flexibility index (Phi) is 4.41. The Hall–Kier alpha value is -2.58. The van der Waals surface area contributed by atoms with Crippen LogP contribution < -0.4 is 5.73 Å². The fourth-order valence-electron chi connectivity index (χ4n) is 1.91. The van der Waals surface area contributed by atoms with E-state index in [2.05, 4.69) is 11.1 Å². The average molecular weight is 301 g/mol. The zero-order chi connectivity index (χ0) is 15.4. The Morgan fingerprint density at radius 2 is 2.24 bits per heavy atom. The van der Waals surface area contributed by atoms with Crippen molar-refractivity contribution in [3.63, 3.8) is 0 Å². The monoisotopic (exact) mass is 300 g/mol. The lowest BCUT2D eigenvalue weighted by Gasteiger charge is -2.18. The normalized spacial score (nSPS) is 9.95. The molecule has 1 aromatic heterocycles. The minimum Gasteiger partial charge on any atom is -0.384 e. The first-order chi connectivity index (χ1) is 10.0. The first kappa shape index (κ1) is 14.8. The van der Waals surface area contributed by atoms with E-state index >= 15 is 0 Å². The molecule has 0 fully saturated rings. The van der Waals surface area contributed by atoms with Crippen LogP contribution in [0.3, 0.4) is 0 Å². The van der Waals surface area contributed by atoms with Crippen molar-refractivity contribution in [2.75, 3.05) is 12.8 Å². The van der Waals surface area contributed by atoms with Gasteiger partial charge in [0.2, 0.25) is 0 Å². The quantitative estimate of drug-likeness (QED) is 0.944. The molecule has 0 saturated heterocycles. The van der Waals surface area contributed by atoms with Gasteiger partial charge in [0.05, 0.1) is 22.2 Å². The predicted molar refractivity (Wildman–Crippen MR) is 80.6 cm³/mol. The number of aromatic nitrogens is 1. The maximum Gasteiger partial charge on any atom is 0.255 e. The summed E-state index contributed by atoms with van der Waals surface area (Å²) in [5.41, 5.74) is 7.31. The highest BCUT2D eigenvalue weighted by Crippen LogP contribution is 2.19. The van der Waals surface area contributed by atoms with E-state index in [-0.39, 0.29) is 16.7 Å². The van der Waals surface area contributed by atoms with Gasteiger partial charge in [-0.15, -0.1) is 0 Å². The number of hydrogen-bond donors (Lipinski definition) is 1. The fraction of sp³-hybridized carbons (Fsp3) is 0.133. The molecule has 1 aromatic carbocycles. The van der Waals surface area contributed by atoms with Crippen molar-refractivity contribution in [2.24, 2.45) is 0 Å². The van der Waals surface area contributed by atoms with Crippen molar-refractivity contribution >= 4 is 23.3 Å². The standard InChI is InChI=1S/C15H13ClN4O/c1-20(9-11-4-2-3-10(5-11)7-17)15(21)12-6-14(18)19-8-13(12)16/h2-6,8H,9H2,1H3,(H2,18,19). The third-order valence-corrected chi connectivity index (χ3v) is 3.23. The second kappa shape index (κ2) is 6.25. The van der Waals surface area contributed by atoms with E-state index in [0.29, 0.717) is 17.7 Å². The topological polar surface area (TPSA) is 83.0 Å². The third-order valence-electron chi connectivity index (χ3n) is 2.93. The van der Waals surface area contributed by atoms with Gasteiger partial charge in [0, 0.05) is 19.8 Å². The van der Waals surface area contributed by atoms with Crippen molar-refractivity contribution in [1.29, 1.82) is 5.26 Å². The molecule has 0 aliphatic rings. The highest BCUT2D eigenvalue weighted by molar-refractivity contribution is 6.33. The van der Waals surface area contributed by atoms with Crippen LogP contribution in [0.4, 0.5) is 5.82 Å². The summed E-state index contributed by atoms with van der Waals surface area (Å²) in [4.78, 5) is 17.7. The number of pyridine rings is 1. The summed E-state index contributed by atoms with van der Waals surface area (Å²) in [5, 5.41) is 9.14. The smallest absolute Gasteiger partial charge is 0.255 e. The molecule has 0 bridgehead atoms. The third kappa shape index (κ3) is 3.50. The van der Waals surface area contributed by atoms with Crippen LogP contribution in [0.15, 0.2) is 36.5 Å². The first-order valence-corrected chi connectivity index (χ1v) is 6.54. The number of anilines is 1. The molecule has 21 heavy (non-hydrogen) atoms. The summed E-state index contributed by atoms with van der Waals surface area (Å²) in [5.74, 6) is -0.0147. The minimum atomic E-state index is -0.253. The van der Waals surface area contributed by atoms with Gasteiger partial charge in [-0.05, 0) is 23.8 Å². The molecule has 2 N–H and O–H groups in total. The zero-order valence-electron chi connectivity index (χ0n) is 11.4. The Morgan fingerprint density at radius 3 is 2.95 bits per heavy atom. The molecule has 0 radical (unpaired) electrons. The first-order valence-electron chi connectivity index (χ1n) is 6.17. The molecule has 2 aromatic rings. The molecular formula is C15H13ClN4O. The van der Waals surface area contributed by atoms with Gasteiger partial charge >= 0.3 is 0 Å². The largest absolute Gasteiger partial charge is 0.384 e. The van der Waals surface area contributed by atoms with Gasteiger partial charge < -0.3 is 10.6 Å². The van der Waals surface area contributed by atoms with Gasteiger partial charge in [0.1, 0.15) is 5.82 Å². The van der Waals surface area contributed by atoms with Crippen LogP contribution in [0.25, 0.3) is 0 Å². The highest BCUT2D eigenvalue weighted by atomic mass is 35.5. The number of nitrogens with zero attached hydrogens (tertiary/aromatic N) is 3.